The van der Waals surface area contributed by atoms with Crippen LogP contribution in [0.25, 0.3) is 0 Å². The third kappa shape index (κ3) is 6.71. The van der Waals surface area contributed by atoms with E-state index < -0.39 is 28.0 Å². The molecule has 1 aromatic carbocycles. The maximum absolute atomic E-state index is 12.5. The van der Waals surface area contributed by atoms with Gasteiger partial charge in [-0.05, 0) is 24.5 Å². The Bertz CT molecular complexity index is 531. The summed E-state index contributed by atoms with van der Waals surface area (Å²) >= 11 is 0. The van der Waals surface area contributed by atoms with Crippen molar-refractivity contribution in [1.82, 2.24) is 0 Å². The number of anilines is 1. The van der Waals surface area contributed by atoms with Crippen molar-refractivity contribution >= 4 is 11.4 Å². The van der Waals surface area contributed by atoms with Crippen molar-refractivity contribution in [2.45, 2.75) is 58.4 Å². The van der Waals surface area contributed by atoms with Crippen molar-refractivity contribution in [1.29, 1.82) is 0 Å². The lowest BCUT2D eigenvalue weighted by Crippen LogP contribution is -2.12. The number of benzene rings is 1. The number of alkyl halides is 3. The molecule has 0 aromatic heterocycles. The molecule has 1 saturated carbocycles. The minimum atomic E-state index is -4.74. The zero-order valence-electron chi connectivity index (χ0n) is 13.8. The largest absolute Gasteiger partial charge is 0.418 e. The molecule has 2 rings (SSSR count). The number of hydrogen-bond acceptors (Lipinski definition) is 5. The van der Waals surface area contributed by atoms with Gasteiger partial charge in [0.15, 0.2) is 0 Å². The predicted octanol–water partition coefficient (Wildman–Crippen LogP) is 3.60. The van der Waals surface area contributed by atoms with Gasteiger partial charge in [0, 0.05) is 12.6 Å². The quantitative estimate of drug-likeness (QED) is 0.428. The Labute approximate surface area is 138 Å². The molecule has 0 unspecified atom stereocenters. The van der Waals surface area contributed by atoms with E-state index in [4.69, 9.17) is 16.6 Å². The third-order valence-corrected chi connectivity index (χ3v) is 3.28. The highest BCUT2D eigenvalue weighted by Gasteiger charge is 2.36. The van der Waals surface area contributed by atoms with E-state index in [0.717, 1.165) is 18.9 Å². The van der Waals surface area contributed by atoms with E-state index in [1.807, 2.05) is 13.8 Å². The van der Waals surface area contributed by atoms with Crippen LogP contribution >= 0.6 is 0 Å². The van der Waals surface area contributed by atoms with Crippen molar-refractivity contribution in [2.24, 2.45) is 5.73 Å². The fourth-order valence-electron chi connectivity index (χ4n) is 2.10. The second kappa shape index (κ2) is 10.1. The lowest BCUT2D eigenvalue weighted by molar-refractivity contribution is -0.384. The van der Waals surface area contributed by atoms with E-state index >= 15 is 0 Å². The summed E-state index contributed by atoms with van der Waals surface area (Å²) in [6.45, 7) is 3.77. The fraction of sp³-hybridized carbons (Fsp3) is 0.600. The van der Waals surface area contributed by atoms with E-state index in [1.165, 1.54) is 12.8 Å². The zero-order chi connectivity index (χ0) is 18.9. The molecule has 0 heterocycles. The molecule has 0 saturated heterocycles. The van der Waals surface area contributed by atoms with Gasteiger partial charge < -0.3 is 16.6 Å². The van der Waals surface area contributed by atoms with Crippen molar-refractivity contribution in [2.75, 3.05) is 5.73 Å². The Morgan fingerprint density at radius 2 is 1.79 bits per heavy atom. The lowest BCUT2D eigenvalue weighted by Gasteiger charge is -2.11. The van der Waals surface area contributed by atoms with Gasteiger partial charge in [-0.1, -0.05) is 26.7 Å². The van der Waals surface area contributed by atoms with Crippen LogP contribution in [0.3, 0.4) is 0 Å². The number of aliphatic hydroxyl groups excluding tert-OH is 1. The molecule has 24 heavy (non-hydrogen) atoms. The van der Waals surface area contributed by atoms with Crippen LogP contribution in [0.15, 0.2) is 12.1 Å². The number of rotatable bonds is 2. The summed E-state index contributed by atoms with van der Waals surface area (Å²) in [5, 5.41) is 19.2. The average Bonchev–Trinajstić information content (AvgIpc) is 3.00. The van der Waals surface area contributed by atoms with E-state index in [2.05, 4.69) is 0 Å². The fourth-order valence-corrected chi connectivity index (χ4v) is 2.10. The first-order chi connectivity index (χ1) is 11.2. The summed E-state index contributed by atoms with van der Waals surface area (Å²) in [7, 11) is 0. The second-order valence-electron chi connectivity index (χ2n) is 4.97. The SMILES string of the molecule is CC.NCc1cc([N+](=O)[O-])c(N)c(C(F)(F)F)c1.OC1CCCC1. The van der Waals surface area contributed by atoms with Crippen LogP contribution in [0.5, 0.6) is 0 Å². The molecule has 0 bridgehead atoms. The van der Waals surface area contributed by atoms with Crippen molar-refractivity contribution in [3.8, 4) is 0 Å². The molecule has 0 spiro atoms. The van der Waals surface area contributed by atoms with E-state index in [-0.39, 0.29) is 18.2 Å². The highest BCUT2D eigenvalue weighted by molar-refractivity contribution is 5.65. The molecule has 1 fully saturated rings. The van der Waals surface area contributed by atoms with E-state index in [1.54, 1.807) is 0 Å². The Kier molecular flexibility index (Phi) is 9.30. The summed E-state index contributed by atoms with van der Waals surface area (Å²) in [5.74, 6) is 0. The molecule has 0 aliphatic heterocycles. The Morgan fingerprint density at radius 3 is 2.08 bits per heavy atom. The smallest absolute Gasteiger partial charge is 0.393 e. The molecular formula is C15H24F3N3O3. The summed E-state index contributed by atoms with van der Waals surface area (Å²) in [6.07, 6.45) is -0.132. The number of aliphatic hydroxyl groups is 1. The number of nitrogen functional groups attached to an aromatic ring is 1. The molecule has 6 nitrogen and oxygen atoms in total. The Hall–Kier alpha value is -1.87. The molecule has 1 aliphatic carbocycles. The molecule has 1 aromatic rings. The molecule has 138 valence electrons. The topological polar surface area (TPSA) is 115 Å². The molecule has 0 amide bonds. The highest BCUT2D eigenvalue weighted by atomic mass is 19.4. The number of nitrogens with zero attached hydrogens (tertiary/aromatic N) is 1. The first-order valence-corrected chi connectivity index (χ1v) is 7.69. The van der Waals surface area contributed by atoms with Gasteiger partial charge in [0.2, 0.25) is 0 Å². The number of hydrogen-bond donors (Lipinski definition) is 3. The van der Waals surface area contributed by atoms with Crippen LogP contribution in [-0.2, 0) is 12.7 Å². The highest BCUT2D eigenvalue weighted by Crippen LogP contribution is 2.38. The number of nitrogens with two attached hydrogens (primary N) is 2. The van der Waals surface area contributed by atoms with Crippen LogP contribution < -0.4 is 11.5 Å². The van der Waals surface area contributed by atoms with Crippen LogP contribution in [-0.4, -0.2) is 16.1 Å². The van der Waals surface area contributed by atoms with Gasteiger partial charge in [0.25, 0.3) is 5.69 Å². The molecule has 9 heteroatoms. The third-order valence-electron chi connectivity index (χ3n) is 3.28. The van der Waals surface area contributed by atoms with Gasteiger partial charge in [-0.3, -0.25) is 10.1 Å². The molecule has 5 N–H and O–H groups in total. The zero-order valence-corrected chi connectivity index (χ0v) is 13.8. The van der Waals surface area contributed by atoms with E-state index in [0.29, 0.717) is 6.07 Å². The number of halogens is 3. The van der Waals surface area contributed by atoms with Crippen LogP contribution in [0, 0.1) is 10.1 Å². The second-order valence-corrected chi connectivity index (χ2v) is 4.97. The summed E-state index contributed by atoms with van der Waals surface area (Å²) in [4.78, 5) is 9.52. The van der Waals surface area contributed by atoms with Crippen molar-refractivity contribution in [3.05, 3.63) is 33.4 Å². The van der Waals surface area contributed by atoms with Crippen LogP contribution in [0.1, 0.15) is 50.7 Å². The maximum Gasteiger partial charge on any atom is 0.418 e. The molecule has 1 aliphatic rings. The van der Waals surface area contributed by atoms with Crippen LogP contribution in [0.4, 0.5) is 24.5 Å². The Balaban J connectivity index is 0.000000547. The predicted molar refractivity (Wildman–Crippen MR) is 86.2 cm³/mol. The van der Waals surface area contributed by atoms with Gasteiger partial charge in [0.1, 0.15) is 5.69 Å². The van der Waals surface area contributed by atoms with Crippen molar-refractivity contribution < 1.29 is 23.2 Å². The monoisotopic (exact) mass is 351 g/mol. The first kappa shape index (κ1) is 22.1. The standard InChI is InChI=1S/C8H8F3N3O2.C5H10O.C2H6/c9-8(10,11)5-1-4(3-12)2-6(7(5)13)14(15)16;6-5-3-1-2-4-5;1-2/h1-2H,3,12-13H2;5-6H,1-4H2;1-2H3. The number of nitro benzene ring substituents is 1. The average molecular weight is 351 g/mol. The van der Waals surface area contributed by atoms with Crippen LogP contribution in [0.2, 0.25) is 0 Å². The molecule has 0 atom stereocenters. The van der Waals surface area contributed by atoms with Gasteiger partial charge >= 0.3 is 6.18 Å². The minimum Gasteiger partial charge on any atom is -0.393 e. The maximum atomic E-state index is 12.5. The summed E-state index contributed by atoms with van der Waals surface area (Å²) in [5.41, 5.74) is 7.34. The number of nitro groups is 1. The summed E-state index contributed by atoms with van der Waals surface area (Å²) in [6, 6.07) is 1.65. The van der Waals surface area contributed by atoms with Gasteiger partial charge in [0.05, 0.1) is 16.6 Å². The Morgan fingerprint density at radius 1 is 1.29 bits per heavy atom. The summed E-state index contributed by atoms with van der Waals surface area (Å²) < 4.78 is 37.4. The molecule has 0 radical (unpaired) electrons. The normalized spacial score (nSPS) is 14.3. The van der Waals surface area contributed by atoms with Gasteiger partial charge in [-0.15, -0.1) is 0 Å². The van der Waals surface area contributed by atoms with Gasteiger partial charge in [-0.2, -0.15) is 13.2 Å². The van der Waals surface area contributed by atoms with Crippen molar-refractivity contribution in [3.63, 3.8) is 0 Å². The van der Waals surface area contributed by atoms with Gasteiger partial charge in [-0.25, -0.2) is 0 Å². The van der Waals surface area contributed by atoms with E-state index in [9.17, 15) is 23.3 Å². The first-order valence-electron chi connectivity index (χ1n) is 7.69. The lowest BCUT2D eigenvalue weighted by atomic mass is 10.1. The minimum absolute atomic E-state index is 0.00762. The molecular weight excluding hydrogens is 327 g/mol.